The van der Waals surface area contributed by atoms with Crippen LogP contribution in [-0.2, 0) is 6.18 Å². The zero-order valence-electron chi connectivity index (χ0n) is 13.1. The fourth-order valence-electron chi connectivity index (χ4n) is 2.53. The van der Waals surface area contributed by atoms with Crippen LogP contribution >= 0.6 is 0 Å². The van der Waals surface area contributed by atoms with Crippen LogP contribution in [0.1, 0.15) is 21.7 Å². The second-order valence-electron chi connectivity index (χ2n) is 5.55. The number of hydrogen-bond acceptors (Lipinski definition) is 3. The summed E-state index contributed by atoms with van der Waals surface area (Å²) in [7, 11) is 0. The van der Waals surface area contributed by atoms with Crippen molar-refractivity contribution >= 4 is 22.4 Å². The van der Waals surface area contributed by atoms with E-state index in [0.717, 1.165) is 12.1 Å². The first kappa shape index (κ1) is 17.0. The smallest absolute Gasteiger partial charge is 0.416 e. The number of furan rings is 1. The third kappa shape index (κ3) is 3.50. The Labute approximate surface area is 140 Å². The molecule has 3 rings (SSSR count). The van der Waals surface area contributed by atoms with Crippen LogP contribution in [0.4, 0.5) is 23.2 Å². The van der Waals surface area contributed by atoms with Gasteiger partial charge in [0.25, 0.3) is 0 Å². The number of ketones is 1. The summed E-state index contributed by atoms with van der Waals surface area (Å²) in [5, 5.41) is 3.14. The van der Waals surface area contributed by atoms with Crippen LogP contribution in [0.2, 0.25) is 0 Å². The number of rotatable bonds is 4. The predicted octanol–water partition coefficient (Wildman–Crippen LogP) is 5.19. The Balaban J connectivity index is 1.78. The quantitative estimate of drug-likeness (QED) is 0.519. The van der Waals surface area contributed by atoms with Gasteiger partial charge in [0.2, 0.25) is 5.78 Å². The SMILES string of the molecule is Cc1c(C(=O)CNc2cccc(C(F)(F)F)c2)oc2ccc(F)cc12. The van der Waals surface area contributed by atoms with E-state index in [9.17, 15) is 22.4 Å². The fourth-order valence-corrected chi connectivity index (χ4v) is 2.53. The summed E-state index contributed by atoms with van der Waals surface area (Å²) in [6, 6.07) is 8.48. The van der Waals surface area contributed by atoms with Gasteiger partial charge in [-0.05, 0) is 43.3 Å². The van der Waals surface area contributed by atoms with Gasteiger partial charge in [-0.2, -0.15) is 13.2 Å². The Bertz CT molecular complexity index is 944. The highest BCUT2D eigenvalue weighted by molar-refractivity contribution is 6.02. The molecular formula is C18H13F4NO2. The number of carbonyl (C=O) groups excluding carboxylic acids is 1. The van der Waals surface area contributed by atoms with Gasteiger partial charge >= 0.3 is 6.18 Å². The monoisotopic (exact) mass is 351 g/mol. The Hall–Kier alpha value is -2.83. The first-order valence-electron chi connectivity index (χ1n) is 7.38. The Morgan fingerprint density at radius 1 is 1.16 bits per heavy atom. The van der Waals surface area contributed by atoms with Crippen molar-refractivity contribution in [2.75, 3.05) is 11.9 Å². The maximum Gasteiger partial charge on any atom is 0.416 e. The van der Waals surface area contributed by atoms with Crippen molar-refractivity contribution in [3.05, 3.63) is 65.2 Å². The van der Waals surface area contributed by atoms with Gasteiger partial charge in [-0.25, -0.2) is 4.39 Å². The van der Waals surface area contributed by atoms with Crippen LogP contribution < -0.4 is 5.32 Å². The summed E-state index contributed by atoms with van der Waals surface area (Å²) in [6.07, 6.45) is -4.46. The largest absolute Gasteiger partial charge is 0.453 e. The molecule has 0 unspecified atom stereocenters. The molecule has 0 fully saturated rings. The Morgan fingerprint density at radius 3 is 2.64 bits per heavy atom. The minimum Gasteiger partial charge on any atom is -0.453 e. The van der Waals surface area contributed by atoms with Crippen molar-refractivity contribution in [3.63, 3.8) is 0 Å². The van der Waals surface area contributed by atoms with Gasteiger partial charge in [0.05, 0.1) is 12.1 Å². The third-order valence-corrected chi connectivity index (χ3v) is 3.79. The fraction of sp³-hybridized carbons (Fsp3) is 0.167. The predicted molar refractivity (Wildman–Crippen MR) is 85.2 cm³/mol. The Morgan fingerprint density at radius 2 is 1.92 bits per heavy atom. The minimum absolute atomic E-state index is 0.0556. The molecule has 0 atom stereocenters. The standard InChI is InChI=1S/C18H13F4NO2/c1-10-14-8-12(19)5-6-16(14)25-17(10)15(24)9-23-13-4-2-3-11(7-13)18(20,21)22/h2-8,23H,9H2,1H3. The molecule has 25 heavy (non-hydrogen) atoms. The maximum atomic E-state index is 13.3. The number of anilines is 1. The molecule has 0 saturated carbocycles. The number of aryl methyl sites for hydroxylation is 1. The average molecular weight is 351 g/mol. The van der Waals surface area contributed by atoms with Crippen molar-refractivity contribution in [2.24, 2.45) is 0 Å². The Kier molecular flexibility index (Phi) is 4.24. The molecule has 0 spiro atoms. The van der Waals surface area contributed by atoms with Gasteiger partial charge in [0.1, 0.15) is 11.4 Å². The third-order valence-electron chi connectivity index (χ3n) is 3.79. The molecule has 7 heteroatoms. The van der Waals surface area contributed by atoms with E-state index in [1.165, 1.54) is 30.3 Å². The number of carbonyl (C=O) groups is 1. The number of halogens is 4. The van der Waals surface area contributed by atoms with Crippen LogP contribution in [0, 0.1) is 12.7 Å². The van der Waals surface area contributed by atoms with E-state index in [1.54, 1.807) is 6.92 Å². The molecule has 0 aliphatic carbocycles. The molecule has 0 bridgehead atoms. The number of benzene rings is 2. The number of fused-ring (bicyclic) bond motifs is 1. The van der Waals surface area contributed by atoms with Gasteiger partial charge in [0, 0.05) is 16.6 Å². The molecular weight excluding hydrogens is 338 g/mol. The lowest BCUT2D eigenvalue weighted by Gasteiger charge is -2.10. The van der Waals surface area contributed by atoms with Gasteiger partial charge < -0.3 is 9.73 Å². The molecule has 0 saturated heterocycles. The molecule has 1 N–H and O–H groups in total. The van der Waals surface area contributed by atoms with Crippen molar-refractivity contribution in [1.82, 2.24) is 0 Å². The molecule has 3 aromatic rings. The maximum absolute atomic E-state index is 13.3. The summed E-state index contributed by atoms with van der Waals surface area (Å²) in [5.74, 6) is -0.830. The molecule has 1 heterocycles. The average Bonchev–Trinajstić information content (AvgIpc) is 2.89. The van der Waals surface area contributed by atoms with Gasteiger partial charge in [-0.3, -0.25) is 4.79 Å². The van der Waals surface area contributed by atoms with Crippen LogP contribution in [0.25, 0.3) is 11.0 Å². The summed E-state index contributed by atoms with van der Waals surface area (Å²) in [5.41, 5.74) is 0.231. The highest BCUT2D eigenvalue weighted by atomic mass is 19.4. The summed E-state index contributed by atoms with van der Waals surface area (Å²) in [6.45, 7) is 1.38. The summed E-state index contributed by atoms with van der Waals surface area (Å²) in [4.78, 5) is 12.3. The topological polar surface area (TPSA) is 42.2 Å². The number of Topliss-reactive ketones (excluding diaryl/α,β-unsaturated/α-hetero) is 1. The molecule has 1 aromatic heterocycles. The lowest BCUT2D eigenvalue weighted by molar-refractivity contribution is -0.137. The van der Waals surface area contributed by atoms with E-state index < -0.39 is 23.3 Å². The second-order valence-corrected chi connectivity index (χ2v) is 5.55. The van der Waals surface area contributed by atoms with E-state index in [0.29, 0.717) is 16.5 Å². The van der Waals surface area contributed by atoms with Gasteiger partial charge in [-0.15, -0.1) is 0 Å². The molecule has 130 valence electrons. The molecule has 0 aliphatic rings. The van der Waals surface area contributed by atoms with Crippen LogP contribution in [-0.4, -0.2) is 12.3 Å². The van der Waals surface area contributed by atoms with Crippen molar-refractivity contribution in [2.45, 2.75) is 13.1 Å². The molecule has 0 aliphatic heterocycles. The van der Waals surface area contributed by atoms with Crippen molar-refractivity contribution in [3.8, 4) is 0 Å². The zero-order chi connectivity index (χ0) is 18.2. The molecule has 3 nitrogen and oxygen atoms in total. The van der Waals surface area contributed by atoms with E-state index in [2.05, 4.69) is 5.32 Å². The number of nitrogens with one attached hydrogen (secondary N) is 1. The summed E-state index contributed by atoms with van der Waals surface area (Å²) < 4.78 is 56.8. The zero-order valence-corrected chi connectivity index (χ0v) is 13.1. The molecule has 0 radical (unpaired) electrons. The van der Waals surface area contributed by atoms with E-state index in [4.69, 9.17) is 4.42 Å². The number of hydrogen-bond donors (Lipinski definition) is 1. The van der Waals surface area contributed by atoms with Gasteiger partial charge in [-0.1, -0.05) is 6.07 Å². The summed E-state index contributed by atoms with van der Waals surface area (Å²) >= 11 is 0. The van der Waals surface area contributed by atoms with E-state index >= 15 is 0 Å². The first-order valence-corrected chi connectivity index (χ1v) is 7.38. The van der Waals surface area contributed by atoms with Crippen LogP contribution in [0.3, 0.4) is 0 Å². The van der Waals surface area contributed by atoms with Crippen LogP contribution in [0.5, 0.6) is 0 Å². The lowest BCUT2D eigenvalue weighted by Crippen LogP contribution is -2.15. The molecule has 0 amide bonds. The van der Waals surface area contributed by atoms with Gasteiger partial charge in [0.15, 0.2) is 5.76 Å². The highest BCUT2D eigenvalue weighted by Crippen LogP contribution is 2.31. The minimum atomic E-state index is -4.46. The highest BCUT2D eigenvalue weighted by Gasteiger charge is 2.30. The van der Waals surface area contributed by atoms with Crippen LogP contribution in [0.15, 0.2) is 46.9 Å². The second kappa shape index (κ2) is 6.23. The van der Waals surface area contributed by atoms with E-state index in [1.807, 2.05) is 0 Å². The van der Waals surface area contributed by atoms with E-state index in [-0.39, 0.29) is 18.0 Å². The first-order chi connectivity index (χ1) is 11.8. The van der Waals surface area contributed by atoms with Crippen molar-refractivity contribution in [1.29, 1.82) is 0 Å². The normalized spacial score (nSPS) is 11.7. The number of alkyl halides is 3. The lowest BCUT2D eigenvalue weighted by atomic mass is 10.1. The molecule has 2 aromatic carbocycles. The van der Waals surface area contributed by atoms with Crippen molar-refractivity contribution < 1.29 is 26.8 Å².